The molecular formula is C16H13F17O4. The summed E-state index contributed by atoms with van der Waals surface area (Å²) in [6, 6.07) is 0. The Morgan fingerprint density at radius 3 is 1.32 bits per heavy atom. The average molecular weight is 592 g/mol. The first-order valence-corrected chi connectivity index (χ1v) is 8.71. The van der Waals surface area contributed by atoms with E-state index in [4.69, 9.17) is 0 Å². The zero-order valence-corrected chi connectivity index (χ0v) is 17.7. The molecule has 0 aliphatic carbocycles. The lowest BCUT2D eigenvalue weighted by atomic mass is 9.87. The molecule has 0 fully saturated rings. The fraction of sp³-hybridized carbons (Fsp3) is 0.812. The zero-order valence-electron chi connectivity index (χ0n) is 17.7. The van der Waals surface area contributed by atoms with Gasteiger partial charge in [-0.1, -0.05) is 6.58 Å². The number of aliphatic hydroxyl groups excluding tert-OH is 1. The number of aliphatic hydroxyl groups is 1. The fourth-order valence-corrected chi connectivity index (χ4v) is 2.17. The maximum Gasteiger partial charge on any atom is 0.460 e. The second-order valence-electron chi connectivity index (χ2n) is 7.20. The molecule has 4 nitrogen and oxygen atoms in total. The molecule has 21 heteroatoms. The molecule has 0 aliphatic rings. The first kappa shape index (κ1) is 34.9. The Kier molecular flexibility index (Phi) is 9.36. The molecule has 2 unspecified atom stereocenters. The quantitative estimate of drug-likeness (QED) is 0.134. The Morgan fingerprint density at radius 1 is 0.703 bits per heavy atom. The van der Waals surface area contributed by atoms with Gasteiger partial charge in [0.25, 0.3) is 0 Å². The normalized spacial score (nSPS) is 16.9. The highest BCUT2D eigenvalue weighted by Gasteiger charge is 2.95. The van der Waals surface area contributed by atoms with Gasteiger partial charge in [-0.15, -0.1) is 0 Å². The van der Waals surface area contributed by atoms with Gasteiger partial charge < -0.3 is 14.6 Å². The topological polar surface area (TPSA) is 55.8 Å². The third kappa shape index (κ3) is 5.42. The van der Waals surface area contributed by atoms with E-state index in [1.165, 1.54) is 0 Å². The van der Waals surface area contributed by atoms with Crippen molar-refractivity contribution in [2.45, 2.75) is 73.4 Å². The highest BCUT2D eigenvalue weighted by molar-refractivity contribution is 5.87. The highest BCUT2D eigenvalue weighted by Crippen LogP contribution is 2.64. The van der Waals surface area contributed by atoms with E-state index in [2.05, 4.69) is 16.1 Å². The monoisotopic (exact) mass is 592 g/mol. The molecule has 0 aromatic carbocycles. The summed E-state index contributed by atoms with van der Waals surface area (Å²) in [6.07, 6.45) is -17.2. The van der Waals surface area contributed by atoms with Crippen molar-refractivity contribution in [2.75, 3.05) is 7.11 Å². The van der Waals surface area contributed by atoms with Crippen LogP contribution in [0.25, 0.3) is 0 Å². The molecule has 220 valence electrons. The second-order valence-corrected chi connectivity index (χ2v) is 7.20. The molecule has 0 rings (SSSR count). The minimum absolute atomic E-state index is 0.384. The van der Waals surface area contributed by atoms with Crippen LogP contribution in [0.5, 0.6) is 0 Å². The Labute approximate surface area is 194 Å². The van der Waals surface area contributed by atoms with Gasteiger partial charge in [0.2, 0.25) is 0 Å². The van der Waals surface area contributed by atoms with Crippen LogP contribution in [-0.4, -0.2) is 78.2 Å². The summed E-state index contributed by atoms with van der Waals surface area (Å²) in [5.74, 6) is -59.6. The van der Waals surface area contributed by atoms with Crippen molar-refractivity contribution in [1.82, 2.24) is 0 Å². The number of methoxy groups -OCH3 is 1. The molecule has 0 radical (unpaired) electrons. The Hall–Kier alpha value is -2.06. The van der Waals surface area contributed by atoms with Crippen LogP contribution in [0.15, 0.2) is 12.2 Å². The van der Waals surface area contributed by atoms with Crippen LogP contribution in [0, 0.1) is 0 Å². The van der Waals surface area contributed by atoms with Gasteiger partial charge in [0.05, 0.1) is 6.42 Å². The van der Waals surface area contributed by atoms with E-state index in [9.17, 15) is 84.5 Å². The second kappa shape index (κ2) is 9.92. The molecule has 0 aromatic rings. The molecule has 0 saturated carbocycles. The number of hydrogen-bond donors (Lipinski definition) is 1. The van der Waals surface area contributed by atoms with Crippen LogP contribution >= 0.6 is 0 Å². The van der Waals surface area contributed by atoms with Crippen LogP contribution in [0.3, 0.4) is 0 Å². The van der Waals surface area contributed by atoms with Crippen LogP contribution < -0.4 is 0 Å². The number of carbonyl (C=O) groups is 1. The van der Waals surface area contributed by atoms with Gasteiger partial charge in [0.15, 0.2) is 12.4 Å². The first-order chi connectivity index (χ1) is 15.9. The Morgan fingerprint density at radius 2 is 1.03 bits per heavy atom. The van der Waals surface area contributed by atoms with E-state index in [0.29, 0.717) is 7.11 Å². The molecule has 1 N–H and O–H groups in total. The third-order valence-corrected chi connectivity index (χ3v) is 4.41. The van der Waals surface area contributed by atoms with Crippen molar-refractivity contribution >= 4 is 5.97 Å². The van der Waals surface area contributed by atoms with Gasteiger partial charge in [-0.2, -0.15) is 74.6 Å². The molecule has 0 bridgehead atoms. The van der Waals surface area contributed by atoms with E-state index >= 15 is 0 Å². The first-order valence-electron chi connectivity index (χ1n) is 8.71. The lowest BCUT2D eigenvalue weighted by molar-refractivity contribution is -0.462. The van der Waals surface area contributed by atoms with Crippen LogP contribution in [0.4, 0.5) is 74.6 Å². The van der Waals surface area contributed by atoms with Gasteiger partial charge in [0, 0.05) is 12.7 Å². The van der Waals surface area contributed by atoms with Crippen molar-refractivity contribution in [3.63, 3.8) is 0 Å². The van der Waals surface area contributed by atoms with Crippen molar-refractivity contribution in [3.8, 4) is 0 Å². The summed E-state index contributed by atoms with van der Waals surface area (Å²) < 4.78 is 233. The summed E-state index contributed by atoms with van der Waals surface area (Å²) in [4.78, 5) is 11.3. The van der Waals surface area contributed by atoms with Crippen molar-refractivity contribution < 1.29 is 94.0 Å². The largest absolute Gasteiger partial charge is 0.460 e. The summed E-state index contributed by atoms with van der Waals surface area (Å²) >= 11 is 0. The smallest absolute Gasteiger partial charge is 0.453 e. The van der Waals surface area contributed by atoms with Gasteiger partial charge >= 0.3 is 53.6 Å². The number of alkyl halides is 17. The molecule has 2 atom stereocenters. The Balaban J connectivity index is 6.73. The van der Waals surface area contributed by atoms with E-state index in [0.717, 1.165) is 6.92 Å². The van der Waals surface area contributed by atoms with Crippen molar-refractivity contribution in [1.29, 1.82) is 0 Å². The SMILES string of the molecule is C=C(C)C(=O)OC(CC(F)(F)C(F)(F)C(F)(F)C(F)(F)C(F)(F)C(F)(F)C(F)(F)C(F)(F)F)C(O)OC. The lowest BCUT2D eigenvalue weighted by Crippen LogP contribution is -2.74. The molecule has 0 amide bonds. The molecular weight excluding hydrogens is 579 g/mol. The van der Waals surface area contributed by atoms with Crippen molar-refractivity contribution in [2.24, 2.45) is 0 Å². The standard InChI is InChI=1S/C16H13F17O4/c1-5(2)7(34)37-6(8(35)36-3)4-9(17,18)10(19,20)11(21,22)12(23,24)13(25,26)14(27,28)15(29,30)16(31,32)33/h6,8,35H,1,4H2,2-3H3. The molecule has 0 aromatic heterocycles. The minimum atomic E-state index is -8.76. The molecule has 0 heterocycles. The maximum absolute atomic E-state index is 14.0. The number of rotatable bonds is 12. The Bertz CT molecular complexity index is 849. The zero-order chi connectivity index (χ0) is 30.4. The van der Waals surface area contributed by atoms with E-state index < -0.39 is 78.0 Å². The maximum atomic E-state index is 14.0. The molecule has 0 aliphatic heterocycles. The van der Waals surface area contributed by atoms with Gasteiger partial charge in [-0.05, 0) is 6.92 Å². The van der Waals surface area contributed by atoms with E-state index in [1.54, 1.807) is 0 Å². The molecule has 37 heavy (non-hydrogen) atoms. The van der Waals surface area contributed by atoms with Gasteiger partial charge in [-0.3, -0.25) is 0 Å². The average Bonchev–Trinajstić information content (AvgIpc) is 2.70. The van der Waals surface area contributed by atoms with Crippen LogP contribution in [0.2, 0.25) is 0 Å². The van der Waals surface area contributed by atoms with Crippen LogP contribution in [0.1, 0.15) is 13.3 Å². The van der Waals surface area contributed by atoms with E-state index in [1.807, 2.05) is 0 Å². The van der Waals surface area contributed by atoms with Gasteiger partial charge in [-0.25, -0.2) is 4.79 Å². The number of hydrogen-bond acceptors (Lipinski definition) is 4. The molecule has 0 saturated heterocycles. The third-order valence-electron chi connectivity index (χ3n) is 4.41. The predicted octanol–water partition coefficient (Wildman–Crippen LogP) is 5.84. The lowest BCUT2D eigenvalue weighted by Gasteiger charge is -2.43. The summed E-state index contributed by atoms with van der Waals surface area (Å²) in [5.41, 5.74) is -0.743. The van der Waals surface area contributed by atoms with Gasteiger partial charge in [0.1, 0.15) is 0 Å². The summed E-state index contributed by atoms with van der Waals surface area (Å²) in [5, 5.41) is 9.29. The number of halogens is 17. The summed E-state index contributed by atoms with van der Waals surface area (Å²) in [7, 11) is 0.384. The number of ether oxygens (including phenoxy) is 2. The highest BCUT2D eigenvalue weighted by atomic mass is 19.4. The van der Waals surface area contributed by atoms with Crippen molar-refractivity contribution in [3.05, 3.63) is 12.2 Å². The minimum Gasteiger partial charge on any atom is -0.453 e. The molecule has 0 spiro atoms. The number of esters is 1. The van der Waals surface area contributed by atoms with Crippen LogP contribution in [-0.2, 0) is 14.3 Å². The van der Waals surface area contributed by atoms with E-state index in [-0.39, 0.29) is 0 Å². The predicted molar refractivity (Wildman–Crippen MR) is 83.0 cm³/mol. The number of carbonyl (C=O) groups excluding carboxylic acids is 1. The fourth-order valence-electron chi connectivity index (χ4n) is 2.17. The summed E-state index contributed by atoms with van der Waals surface area (Å²) in [6.45, 7) is 3.61.